The van der Waals surface area contributed by atoms with E-state index in [1.807, 2.05) is 0 Å². The van der Waals surface area contributed by atoms with Crippen molar-refractivity contribution in [3.8, 4) is 0 Å². The van der Waals surface area contributed by atoms with Crippen molar-refractivity contribution in [3.05, 3.63) is 0 Å². The third-order valence-electron chi connectivity index (χ3n) is 1.80. The number of rotatable bonds is 5. The molecule has 0 aliphatic heterocycles. The third-order valence-corrected chi connectivity index (χ3v) is 1.80. The molecule has 0 radical (unpaired) electrons. The van der Waals surface area contributed by atoms with Crippen LogP contribution in [0.3, 0.4) is 0 Å². The van der Waals surface area contributed by atoms with Crippen molar-refractivity contribution in [1.29, 1.82) is 0 Å². The molecule has 0 rings (SSSR count). The first-order valence-electron chi connectivity index (χ1n) is 4.73. The Balaban J connectivity index is 0. The molecule has 1 atom stereocenters. The van der Waals surface area contributed by atoms with E-state index in [0.717, 1.165) is 6.42 Å². The van der Waals surface area contributed by atoms with E-state index < -0.39 is 7.32 Å². The molecule has 0 fully saturated rings. The summed E-state index contributed by atoms with van der Waals surface area (Å²) in [6, 6.07) is 0. The molecule has 4 N–H and O–H groups in total. The van der Waals surface area contributed by atoms with Crippen molar-refractivity contribution in [2.45, 2.75) is 39.5 Å². The summed E-state index contributed by atoms with van der Waals surface area (Å²) in [6.45, 7) is 4.69. The van der Waals surface area contributed by atoms with Crippen molar-refractivity contribution in [2.75, 3.05) is 6.61 Å². The largest absolute Gasteiger partial charge is 0.631 e. The van der Waals surface area contributed by atoms with E-state index >= 15 is 0 Å². The molecule has 5 heteroatoms. The maximum atomic E-state index is 8.75. The van der Waals surface area contributed by atoms with Crippen LogP contribution in [0.4, 0.5) is 0 Å². The molecule has 0 aromatic carbocycles. The molecule has 0 aromatic heterocycles. The second kappa shape index (κ2) is 11.9. The van der Waals surface area contributed by atoms with Crippen LogP contribution in [-0.2, 0) is 0 Å². The van der Waals surface area contributed by atoms with Gasteiger partial charge in [-0.1, -0.05) is 33.1 Å². The molecule has 0 heterocycles. The minimum Gasteiger partial charge on any atom is -0.402 e. The van der Waals surface area contributed by atoms with Gasteiger partial charge in [0.05, 0.1) is 0 Å². The normalized spacial score (nSPS) is 11.5. The molecule has 0 aromatic rings. The van der Waals surface area contributed by atoms with Crippen LogP contribution in [0.25, 0.3) is 0 Å². The van der Waals surface area contributed by atoms with E-state index in [1.165, 1.54) is 19.3 Å². The highest BCUT2D eigenvalue weighted by atomic mass is 16.5. The zero-order valence-corrected chi connectivity index (χ0v) is 8.48. The van der Waals surface area contributed by atoms with Gasteiger partial charge in [0.25, 0.3) is 0 Å². The van der Waals surface area contributed by atoms with Gasteiger partial charge in [0, 0.05) is 6.61 Å². The van der Waals surface area contributed by atoms with Gasteiger partial charge in [-0.3, -0.25) is 0 Å². The predicted octanol–water partition coefficient (Wildman–Crippen LogP) is 0.143. The molecule has 0 bridgehead atoms. The van der Waals surface area contributed by atoms with Crippen molar-refractivity contribution < 1.29 is 20.2 Å². The molecular weight excluding hydrogens is 171 g/mol. The maximum Gasteiger partial charge on any atom is 0.631 e. The Hall–Kier alpha value is -0.0951. The molecule has 0 aliphatic carbocycles. The molecule has 0 saturated heterocycles. The quantitative estimate of drug-likeness (QED) is 0.467. The number of aliphatic hydroxyl groups is 1. The van der Waals surface area contributed by atoms with Gasteiger partial charge in [-0.15, -0.1) is 0 Å². The minimum atomic E-state index is -2.17. The van der Waals surface area contributed by atoms with Crippen LogP contribution in [0.1, 0.15) is 39.5 Å². The van der Waals surface area contributed by atoms with E-state index in [1.54, 1.807) is 0 Å². The number of hydrogen-bond acceptors (Lipinski definition) is 4. The fourth-order valence-corrected chi connectivity index (χ4v) is 0.917. The second-order valence-electron chi connectivity index (χ2n) is 2.95. The first kappa shape index (κ1) is 15.4. The first-order chi connectivity index (χ1) is 6.08. The molecule has 0 aliphatic rings. The summed E-state index contributed by atoms with van der Waals surface area (Å²) < 4.78 is 0. The van der Waals surface area contributed by atoms with Crippen LogP contribution in [0.2, 0.25) is 0 Å². The minimum absolute atomic E-state index is 0.372. The third kappa shape index (κ3) is 18.7. The summed E-state index contributed by atoms with van der Waals surface area (Å²) in [5.74, 6) is 0.560. The monoisotopic (exact) mass is 192 g/mol. The number of aliphatic hydroxyl groups excluding tert-OH is 1. The highest BCUT2D eigenvalue weighted by Gasteiger charge is 2.01. The highest BCUT2D eigenvalue weighted by molar-refractivity contribution is 6.30. The van der Waals surface area contributed by atoms with Crippen molar-refractivity contribution in [2.24, 2.45) is 5.92 Å². The van der Waals surface area contributed by atoms with Gasteiger partial charge in [-0.25, -0.2) is 0 Å². The second-order valence-corrected chi connectivity index (χ2v) is 2.95. The van der Waals surface area contributed by atoms with Gasteiger partial charge in [-0.05, 0) is 12.3 Å². The van der Waals surface area contributed by atoms with Gasteiger partial charge in [0.2, 0.25) is 0 Å². The fourth-order valence-electron chi connectivity index (χ4n) is 0.917. The summed E-state index contributed by atoms with van der Waals surface area (Å²) in [5, 5.41) is 30.3. The predicted molar refractivity (Wildman–Crippen MR) is 52.8 cm³/mol. The topological polar surface area (TPSA) is 80.9 Å². The number of unbranched alkanes of at least 4 members (excludes halogenated alkanes) is 1. The molecule has 4 nitrogen and oxygen atoms in total. The van der Waals surface area contributed by atoms with E-state index in [0.29, 0.717) is 12.5 Å². The van der Waals surface area contributed by atoms with Crippen LogP contribution in [0, 0.1) is 5.92 Å². The van der Waals surface area contributed by atoms with E-state index in [2.05, 4.69) is 13.8 Å². The Morgan fingerprint density at radius 2 is 1.62 bits per heavy atom. The maximum absolute atomic E-state index is 8.75. The lowest BCUT2D eigenvalue weighted by Gasteiger charge is -2.08. The smallest absolute Gasteiger partial charge is 0.402 e. The van der Waals surface area contributed by atoms with Gasteiger partial charge in [-0.2, -0.15) is 0 Å². The SMILES string of the molecule is CCCCC(CC)CO.OB(O)O. The standard InChI is InChI=1S/C8H18O.BH3O3/c1-3-5-6-8(4-2)7-9;2-1(3)4/h8-9H,3-7H2,1-2H3;2-4H. The average Bonchev–Trinajstić information content (AvgIpc) is 2.06. The fraction of sp³-hybridized carbons (Fsp3) is 1.00. The van der Waals surface area contributed by atoms with Crippen LogP contribution < -0.4 is 0 Å². The Bertz CT molecular complexity index is 83.5. The van der Waals surface area contributed by atoms with Crippen LogP contribution in [0.5, 0.6) is 0 Å². The van der Waals surface area contributed by atoms with E-state index in [-0.39, 0.29) is 0 Å². The first-order valence-corrected chi connectivity index (χ1v) is 4.73. The highest BCUT2D eigenvalue weighted by Crippen LogP contribution is 2.10. The molecule has 0 spiro atoms. The number of hydrogen-bond donors (Lipinski definition) is 4. The van der Waals surface area contributed by atoms with Gasteiger partial charge in [0.1, 0.15) is 0 Å². The molecule has 1 unspecified atom stereocenters. The Morgan fingerprint density at radius 3 is 1.85 bits per heavy atom. The zero-order chi connectivity index (χ0) is 10.7. The van der Waals surface area contributed by atoms with Gasteiger partial charge >= 0.3 is 7.32 Å². The summed E-state index contributed by atoms with van der Waals surface area (Å²) in [6.07, 6.45) is 4.83. The average molecular weight is 192 g/mol. The Labute approximate surface area is 80.4 Å². The molecule has 0 saturated carbocycles. The Kier molecular flexibility index (Phi) is 14.1. The van der Waals surface area contributed by atoms with Crippen LogP contribution in [-0.4, -0.2) is 34.1 Å². The lowest BCUT2D eigenvalue weighted by Crippen LogP contribution is -2.07. The lowest BCUT2D eigenvalue weighted by atomic mass is 10.0. The lowest BCUT2D eigenvalue weighted by molar-refractivity contribution is 0.212. The van der Waals surface area contributed by atoms with Crippen molar-refractivity contribution >= 4 is 7.32 Å². The van der Waals surface area contributed by atoms with Crippen molar-refractivity contribution in [3.63, 3.8) is 0 Å². The molecular formula is C8H21BO4. The summed E-state index contributed by atoms with van der Waals surface area (Å²) in [5.41, 5.74) is 0. The van der Waals surface area contributed by atoms with Crippen LogP contribution in [0.15, 0.2) is 0 Å². The summed E-state index contributed by atoms with van der Waals surface area (Å²) in [7, 11) is -2.17. The summed E-state index contributed by atoms with van der Waals surface area (Å²) in [4.78, 5) is 0. The molecule has 13 heavy (non-hydrogen) atoms. The van der Waals surface area contributed by atoms with Crippen LogP contribution >= 0.6 is 0 Å². The van der Waals surface area contributed by atoms with Crippen molar-refractivity contribution in [1.82, 2.24) is 0 Å². The summed E-state index contributed by atoms with van der Waals surface area (Å²) >= 11 is 0. The van der Waals surface area contributed by atoms with E-state index in [9.17, 15) is 0 Å². The van der Waals surface area contributed by atoms with Gasteiger partial charge < -0.3 is 20.2 Å². The van der Waals surface area contributed by atoms with Gasteiger partial charge in [0.15, 0.2) is 0 Å². The Morgan fingerprint density at radius 1 is 1.15 bits per heavy atom. The molecule has 80 valence electrons. The molecule has 0 amide bonds. The zero-order valence-electron chi connectivity index (χ0n) is 8.48. The van der Waals surface area contributed by atoms with E-state index in [4.69, 9.17) is 20.2 Å².